The summed E-state index contributed by atoms with van der Waals surface area (Å²) in [4.78, 5) is 57.9. The Labute approximate surface area is 254 Å². The molecule has 0 radical (unpaired) electrons. The summed E-state index contributed by atoms with van der Waals surface area (Å²) in [5.41, 5.74) is 3.92. The Hall–Kier alpha value is -4.54. The maximum absolute atomic E-state index is 13.8. The number of amides is 2. The Balaban J connectivity index is 1.23. The smallest absolute Gasteiger partial charge is 0.320 e. The predicted molar refractivity (Wildman–Crippen MR) is 159 cm³/mol. The number of carbonyl (C=O) groups is 4. The number of carbonyl (C=O) groups excluding carboxylic acids is 4. The van der Waals surface area contributed by atoms with Crippen LogP contribution in [0.15, 0.2) is 60.7 Å². The van der Waals surface area contributed by atoms with E-state index in [-0.39, 0.29) is 23.3 Å². The van der Waals surface area contributed by atoms with Gasteiger partial charge < -0.3 is 28.7 Å². The largest absolute Gasteiger partial charge is 0.426 e. The molecule has 4 unspecified atom stereocenters. The highest BCUT2D eigenvalue weighted by molar-refractivity contribution is 6.10. The van der Waals surface area contributed by atoms with Gasteiger partial charge in [-0.3, -0.25) is 19.2 Å². The monoisotopic (exact) mass is 596 g/mol. The molecule has 10 nitrogen and oxygen atoms in total. The molecule has 4 aliphatic heterocycles. The van der Waals surface area contributed by atoms with Gasteiger partial charge in [0, 0.05) is 48.8 Å². The van der Waals surface area contributed by atoms with E-state index in [2.05, 4.69) is 0 Å². The standard InChI is InChI=1S/C34H32N2O8/c1-3-41-15-13-35-23-11-7-5-9-19(23)27(31(35)37)29-21-17-26-22(18-25(21)43-33(29)39)30(34(40)44-26)28-20-10-6-8-12-24(20)36(32(28)38)14-16-42-4-2/h5-12,17-18,27-30H,3-4,13-16H2,1-2H3. The number of fused-ring (bicyclic) bond motifs is 4. The third-order valence-electron chi connectivity index (χ3n) is 8.92. The zero-order chi connectivity index (χ0) is 30.5. The summed E-state index contributed by atoms with van der Waals surface area (Å²) in [6.45, 7) is 6.30. The van der Waals surface area contributed by atoms with Crippen molar-refractivity contribution in [3.8, 4) is 11.5 Å². The van der Waals surface area contributed by atoms with Crippen LogP contribution < -0.4 is 19.3 Å². The molecule has 44 heavy (non-hydrogen) atoms. The lowest BCUT2D eigenvalue weighted by atomic mass is 9.80. The molecule has 0 aliphatic carbocycles. The lowest BCUT2D eigenvalue weighted by Crippen LogP contribution is -2.34. The number of hydrogen-bond donors (Lipinski definition) is 0. The second kappa shape index (κ2) is 11.2. The minimum atomic E-state index is -0.915. The van der Waals surface area contributed by atoms with Crippen LogP contribution in [0.25, 0.3) is 0 Å². The summed E-state index contributed by atoms with van der Waals surface area (Å²) in [5, 5.41) is 0. The highest BCUT2D eigenvalue weighted by Crippen LogP contribution is 2.55. The van der Waals surface area contributed by atoms with Gasteiger partial charge in [-0.2, -0.15) is 0 Å². The van der Waals surface area contributed by atoms with E-state index in [0.29, 0.717) is 50.6 Å². The first-order valence-corrected chi connectivity index (χ1v) is 15.0. The van der Waals surface area contributed by atoms with Gasteiger partial charge in [0.25, 0.3) is 0 Å². The van der Waals surface area contributed by atoms with Crippen LogP contribution in [-0.2, 0) is 28.7 Å². The van der Waals surface area contributed by atoms with E-state index >= 15 is 0 Å². The highest BCUT2D eigenvalue weighted by atomic mass is 16.5. The quantitative estimate of drug-likeness (QED) is 0.196. The van der Waals surface area contributed by atoms with Crippen LogP contribution >= 0.6 is 0 Å². The topological polar surface area (TPSA) is 112 Å². The lowest BCUT2D eigenvalue weighted by Gasteiger charge is -2.20. The molecule has 7 rings (SSSR count). The number of benzene rings is 3. The molecule has 3 aromatic rings. The van der Waals surface area contributed by atoms with E-state index in [1.807, 2.05) is 62.4 Å². The molecule has 0 N–H and O–H groups in total. The first kappa shape index (κ1) is 28.2. The van der Waals surface area contributed by atoms with E-state index in [1.54, 1.807) is 21.9 Å². The summed E-state index contributed by atoms with van der Waals surface area (Å²) in [6, 6.07) is 18.1. The van der Waals surface area contributed by atoms with Gasteiger partial charge >= 0.3 is 11.9 Å². The summed E-state index contributed by atoms with van der Waals surface area (Å²) >= 11 is 0. The zero-order valence-corrected chi connectivity index (χ0v) is 24.5. The molecule has 2 amide bonds. The molecule has 0 spiro atoms. The summed E-state index contributed by atoms with van der Waals surface area (Å²) in [7, 11) is 0. The van der Waals surface area contributed by atoms with Crippen molar-refractivity contribution in [2.24, 2.45) is 0 Å². The van der Waals surface area contributed by atoms with Crippen LogP contribution in [0.3, 0.4) is 0 Å². The number of anilines is 2. The fourth-order valence-electron chi connectivity index (χ4n) is 7.02. The average molecular weight is 597 g/mol. The van der Waals surface area contributed by atoms with Gasteiger partial charge in [0.1, 0.15) is 23.3 Å². The number of para-hydroxylation sites is 2. The second-order valence-electron chi connectivity index (χ2n) is 11.2. The van der Waals surface area contributed by atoms with Crippen molar-refractivity contribution in [1.29, 1.82) is 0 Å². The van der Waals surface area contributed by atoms with Crippen LogP contribution in [0.2, 0.25) is 0 Å². The van der Waals surface area contributed by atoms with Gasteiger partial charge in [0.05, 0.1) is 25.0 Å². The Bertz CT molecular complexity index is 1560. The molecular formula is C34H32N2O8. The van der Waals surface area contributed by atoms with Gasteiger partial charge in [0.2, 0.25) is 11.8 Å². The zero-order valence-electron chi connectivity index (χ0n) is 24.5. The fourth-order valence-corrected chi connectivity index (χ4v) is 7.02. The molecule has 0 saturated heterocycles. The third-order valence-corrected chi connectivity index (χ3v) is 8.92. The average Bonchev–Trinajstić information content (AvgIpc) is 3.68. The molecule has 3 aromatic carbocycles. The van der Waals surface area contributed by atoms with Gasteiger partial charge in [0.15, 0.2) is 0 Å². The molecule has 0 fully saturated rings. The number of hydrogen-bond acceptors (Lipinski definition) is 8. The Morgan fingerprint density at radius 2 is 1.00 bits per heavy atom. The Kier molecular flexibility index (Phi) is 7.18. The fraction of sp³-hybridized carbons (Fsp3) is 0.353. The molecule has 226 valence electrons. The molecule has 4 aliphatic rings. The van der Waals surface area contributed by atoms with Crippen molar-refractivity contribution >= 4 is 35.1 Å². The SMILES string of the molecule is CCOCCN1C(=O)C(C2C(=O)Oc3cc4c(cc32)OC(=O)C4C2C(=O)N(CCOCC)c3ccccc32)c2ccccc21. The molecule has 10 heteroatoms. The highest BCUT2D eigenvalue weighted by Gasteiger charge is 2.53. The van der Waals surface area contributed by atoms with Crippen LogP contribution in [0.4, 0.5) is 11.4 Å². The van der Waals surface area contributed by atoms with Crippen LogP contribution in [0, 0.1) is 0 Å². The van der Waals surface area contributed by atoms with E-state index in [4.69, 9.17) is 18.9 Å². The summed E-state index contributed by atoms with van der Waals surface area (Å²) in [5.74, 6) is -4.40. The maximum atomic E-state index is 13.8. The normalized spacial score (nSPS) is 23.0. The van der Waals surface area contributed by atoms with Crippen LogP contribution in [0.1, 0.15) is 59.8 Å². The van der Waals surface area contributed by atoms with Crippen molar-refractivity contribution in [1.82, 2.24) is 0 Å². The van der Waals surface area contributed by atoms with E-state index in [1.165, 1.54) is 0 Å². The Morgan fingerprint density at radius 1 is 0.591 bits per heavy atom. The molecule has 4 atom stereocenters. The number of esters is 2. The number of rotatable bonds is 10. The van der Waals surface area contributed by atoms with Crippen molar-refractivity contribution in [2.75, 3.05) is 49.3 Å². The Morgan fingerprint density at radius 3 is 1.41 bits per heavy atom. The third kappa shape index (κ3) is 4.31. The number of nitrogens with zero attached hydrogens (tertiary/aromatic N) is 2. The van der Waals surface area contributed by atoms with Gasteiger partial charge in [-0.1, -0.05) is 36.4 Å². The van der Waals surface area contributed by atoms with Crippen molar-refractivity contribution in [2.45, 2.75) is 37.5 Å². The second-order valence-corrected chi connectivity index (χ2v) is 11.2. The van der Waals surface area contributed by atoms with Crippen molar-refractivity contribution in [3.05, 3.63) is 82.9 Å². The van der Waals surface area contributed by atoms with Gasteiger partial charge in [-0.15, -0.1) is 0 Å². The minimum Gasteiger partial charge on any atom is -0.426 e. The van der Waals surface area contributed by atoms with E-state index in [9.17, 15) is 19.2 Å². The van der Waals surface area contributed by atoms with E-state index in [0.717, 1.165) is 22.5 Å². The van der Waals surface area contributed by atoms with Crippen molar-refractivity contribution < 1.29 is 38.1 Å². The summed E-state index contributed by atoms with van der Waals surface area (Å²) < 4.78 is 22.5. The molecular weight excluding hydrogens is 564 g/mol. The van der Waals surface area contributed by atoms with Crippen molar-refractivity contribution in [3.63, 3.8) is 0 Å². The summed E-state index contributed by atoms with van der Waals surface area (Å²) in [6.07, 6.45) is 0. The molecule has 0 aromatic heterocycles. The van der Waals surface area contributed by atoms with Gasteiger partial charge in [-0.25, -0.2) is 0 Å². The number of ether oxygens (including phenoxy) is 4. The molecule has 4 heterocycles. The van der Waals surface area contributed by atoms with Gasteiger partial charge in [-0.05, 0) is 49.2 Å². The first-order chi connectivity index (χ1) is 21.4. The first-order valence-electron chi connectivity index (χ1n) is 15.0. The lowest BCUT2D eigenvalue weighted by molar-refractivity contribution is -0.136. The molecule has 0 bridgehead atoms. The predicted octanol–water partition coefficient (Wildman–Crippen LogP) is 4.03. The molecule has 0 saturated carbocycles. The maximum Gasteiger partial charge on any atom is 0.320 e. The van der Waals surface area contributed by atoms with E-state index < -0.39 is 35.6 Å². The van der Waals surface area contributed by atoms with Crippen LogP contribution in [-0.4, -0.2) is 63.3 Å². The van der Waals surface area contributed by atoms with Crippen LogP contribution in [0.5, 0.6) is 11.5 Å². The minimum absolute atomic E-state index is 0.212.